The Balaban J connectivity index is 1.75. The molecule has 1 aliphatic rings. The van der Waals surface area contributed by atoms with Crippen LogP contribution in [0.5, 0.6) is 0 Å². The van der Waals surface area contributed by atoms with Crippen molar-refractivity contribution in [3.8, 4) is 0 Å². The monoisotopic (exact) mass is 292 g/mol. The Labute approximate surface area is 123 Å². The van der Waals surface area contributed by atoms with E-state index in [0.29, 0.717) is 17.7 Å². The van der Waals surface area contributed by atoms with E-state index in [1.54, 1.807) is 0 Å². The molecule has 0 spiro atoms. The molecule has 1 saturated carbocycles. The van der Waals surface area contributed by atoms with Crippen molar-refractivity contribution in [3.63, 3.8) is 0 Å². The minimum absolute atomic E-state index is 0.0836. The second kappa shape index (κ2) is 6.79. The summed E-state index contributed by atoms with van der Waals surface area (Å²) in [5, 5.41) is 5.75. The molecule has 0 radical (unpaired) electrons. The first-order chi connectivity index (χ1) is 9.54. The fraction of sp³-hybridized carbons (Fsp3) is 0.467. The average Bonchev–Trinajstić information content (AvgIpc) is 3.21. The molecule has 0 bridgehead atoms. The highest BCUT2D eigenvalue weighted by Crippen LogP contribution is 2.32. The van der Waals surface area contributed by atoms with Gasteiger partial charge in [0.15, 0.2) is 0 Å². The highest BCUT2D eigenvalue weighted by Gasteiger charge is 2.28. The summed E-state index contributed by atoms with van der Waals surface area (Å²) in [5.41, 5.74) is 0.772. The summed E-state index contributed by atoms with van der Waals surface area (Å²) in [5.74, 6) is 1.11. The summed E-state index contributed by atoms with van der Waals surface area (Å²) in [6, 6.07) is 7.80. The van der Waals surface area contributed by atoms with Gasteiger partial charge in [-0.1, -0.05) is 0 Å². The van der Waals surface area contributed by atoms with Gasteiger partial charge in [0, 0.05) is 23.5 Å². The zero-order valence-corrected chi connectivity index (χ0v) is 12.6. The van der Waals surface area contributed by atoms with Gasteiger partial charge in [-0.3, -0.25) is 9.59 Å². The summed E-state index contributed by atoms with van der Waals surface area (Å²) in [6.07, 6.45) is 2.47. The predicted octanol–water partition coefficient (Wildman–Crippen LogP) is 2.65. The van der Waals surface area contributed by atoms with Gasteiger partial charge >= 0.3 is 0 Å². The Hall–Kier alpha value is -1.49. The van der Waals surface area contributed by atoms with Crippen molar-refractivity contribution in [2.24, 2.45) is 5.92 Å². The maximum Gasteiger partial charge on any atom is 0.230 e. The second-order valence-corrected chi connectivity index (χ2v) is 6.24. The molecule has 1 unspecified atom stereocenters. The van der Waals surface area contributed by atoms with E-state index in [2.05, 4.69) is 17.6 Å². The first-order valence-electron chi connectivity index (χ1n) is 6.84. The summed E-state index contributed by atoms with van der Waals surface area (Å²) in [7, 11) is 0. The lowest BCUT2D eigenvalue weighted by molar-refractivity contribution is -0.119. The standard InChI is InChI=1S/C15H20N2O2S/c1-10(12-3-4-12)16-15(19)9-20-14-7-5-13(6-8-14)17-11(2)18/h5-8,10,12H,3-4,9H2,1-2H3,(H,16,19)(H,17,18). The summed E-state index contributed by atoms with van der Waals surface area (Å²) in [6.45, 7) is 3.55. The maximum atomic E-state index is 11.8. The van der Waals surface area contributed by atoms with Gasteiger partial charge in [-0.15, -0.1) is 11.8 Å². The van der Waals surface area contributed by atoms with Gasteiger partial charge in [-0.2, -0.15) is 0 Å². The molecule has 2 rings (SSSR count). The maximum absolute atomic E-state index is 11.8. The lowest BCUT2D eigenvalue weighted by atomic mass is 10.2. The molecule has 1 atom stereocenters. The summed E-state index contributed by atoms with van der Waals surface area (Å²) < 4.78 is 0. The van der Waals surface area contributed by atoms with Crippen LogP contribution in [0.4, 0.5) is 5.69 Å². The molecule has 2 amide bonds. The molecule has 1 aromatic rings. The number of hydrogen-bond acceptors (Lipinski definition) is 3. The predicted molar refractivity (Wildman–Crippen MR) is 81.8 cm³/mol. The number of carbonyl (C=O) groups is 2. The number of carbonyl (C=O) groups excluding carboxylic acids is 2. The van der Waals surface area contributed by atoms with Gasteiger partial charge in [0.05, 0.1) is 5.75 Å². The molecule has 1 fully saturated rings. The summed E-state index contributed by atoms with van der Waals surface area (Å²) in [4.78, 5) is 23.7. The lowest BCUT2D eigenvalue weighted by Crippen LogP contribution is -2.35. The number of nitrogens with one attached hydrogen (secondary N) is 2. The third-order valence-corrected chi connectivity index (χ3v) is 4.27. The fourth-order valence-corrected chi connectivity index (χ4v) is 2.71. The number of hydrogen-bond donors (Lipinski definition) is 2. The number of anilines is 1. The Morgan fingerprint density at radius 1 is 1.30 bits per heavy atom. The van der Waals surface area contributed by atoms with Crippen molar-refractivity contribution in [2.45, 2.75) is 37.6 Å². The Morgan fingerprint density at radius 2 is 1.95 bits per heavy atom. The fourth-order valence-electron chi connectivity index (χ4n) is 2.00. The SMILES string of the molecule is CC(=O)Nc1ccc(SCC(=O)NC(C)C2CC2)cc1. The van der Waals surface area contributed by atoms with Crippen LogP contribution >= 0.6 is 11.8 Å². The highest BCUT2D eigenvalue weighted by molar-refractivity contribution is 8.00. The first kappa shape index (κ1) is 14.9. The molecule has 0 aliphatic heterocycles. The Morgan fingerprint density at radius 3 is 2.50 bits per heavy atom. The molecular formula is C15H20N2O2S. The van der Waals surface area contributed by atoms with E-state index in [1.807, 2.05) is 24.3 Å². The van der Waals surface area contributed by atoms with E-state index >= 15 is 0 Å². The largest absolute Gasteiger partial charge is 0.353 e. The molecule has 20 heavy (non-hydrogen) atoms. The molecular weight excluding hydrogens is 272 g/mol. The van der Waals surface area contributed by atoms with Crippen LogP contribution in [0.25, 0.3) is 0 Å². The van der Waals surface area contributed by atoms with Crippen molar-refractivity contribution in [3.05, 3.63) is 24.3 Å². The molecule has 5 heteroatoms. The number of rotatable bonds is 6. The minimum Gasteiger partial charge on any atom is -0.353 e. The third kappa shape index (κ3) is 4.89. The van der Waals surface area contributed by atoms with Crippen molar-refractivity contribution >= 4 is 29.3 Å². The Kier molecular flexibility index (Phi) is 5.06. The van der Waals surface area contributed by atoms with Crippen molar-refractivity contribution < 1.29 is 9.59 Å². The molecule has 108 valence electrons. The Bertz CT molecular complexity index is 483. The van der Waals surface area contributed by atoms with Crippen LogP contribution in [-0.2, 0) is 9.59 Å². The van der Waals surface area contributed by atoms with Crippen LogP contribution in [0.15, 0.2) is 29.2 Å². The second-order valence-electron chi connectivity index (χ2n) is 5.19. The van der Waals surface area contributed by atoms with E-state index in [0.717, 1.165) is 10.6 Å². The molecule has 1 aliphatic carbocycles. The first-order valence-corrected chi connectivity index (χ1v) is 7.83. The van der Waals surface area contributed by atoms with Gasteiger partial charge in [0.1, 0.15) is 0 Å². The van der Waals surface area contributed by atoms with E-state index in [1.165, 1.54) is 31.5 Å². The van der Waals surface area contributed by atoms with Gasteiger partial charge in [0.25, 0.3) is 0 Å². The summed E-state index contributed by atoms with van der Waals surface area (Å²) >= 11 is 1.51. The lowest BCUT2D eigenvalue weighted by Gasteiger charge is -2.12. The number of thioether (sulfide) groups is 1. The van der Waals surface area contributed by atoms with Crippen LogP contribution in [0.1, 0.15) is 26.7 Å². The minimum atomic E-state index is -0.0844. The zero-order valence-electron chi connectivity index (χ0n) is 11.8. The van der Waals surface area contributed by atoms with Gasteiger partial charge in [0.2, 0.25) is 11.8 Å². The topological polar surface area (TPSA) is 58.2 Å². The molecule has 2 N–H and O–H groups in total. The quantitative estimate of drug-likeness (QED) is 0.793. The average molecular weight is 292 g/mol. The van der Waals surface area contributed by atoms with Crippen molar-refractivity contribution in [2.75, 3.05) is 11.1 Å². The van der Waals surface area contributed by atoms with Crippen LogP contribution in [0, 0.1) is 5.92 Å². The number of benzene rings is 1. The van der Waals surface area contributed by atoms with Crippen LogP contribution < -0.4 is 10.6 Å². The van der Waals surface area contributed by atoms with E-state index in [4.69, 9.17) is 0 Å². The normalized spacial score (nSPS) is 15.5. The van der Waals surface area contributed by atoms with E-state index < -0.39 is 0 Å². The van der Waals surface area contributed by atoms with Gasteiger partial charge < -0.3 is 10.6 Å². The number of amides is 2. The van der Waals surface area contributed by atoms with Crippen LogP contribution in [0.2, 0.25) is 0 Å². The highest BCUT2D eigenvalue weighted by atomic mass is 32.2. The third-order valence-electron chi connectivity index (χ3n) is 3.26. The molecule has 1 aromatic carbocycles. The van der Waals surface area contributed by atoms with Gasteiger partial charge in [-0.25, -0.2) is 0 Å². The van der Waals surface area contributed by atoms with Crippen LogP contribution in [-0.4, -0.2) is 23.6 Å². The van der Waals surface area contributed by atoms with Crippen molar-refractivity contribution in [1.29, 1.82) is 0 Å². The van der Waals surface area contributed by atoms with E-state index in [-0.39, 0.29) is 11.8 Å². The molecule has 0 heterocycles. The molecule has 4 nitrogen and oxygen atoms in total. The van der Waals surface area contributed by atoms with Crippen LogP contribution in [0.3, 0.4) is 0 Å². The molecule has 0 saturated heterocycles. The smallest absolute Gasteiger partial charge is 0.230 e. The molecule has 0 aromatic heterocycles. The van der Waals surface area contributed by atoms with Gasteiger partial charge in [-0.05, 0) is 49.9 Å². The van der Waals surface area contributed by atoms with Crippen molar-refractivity contribution in [1.82, 2.24) is 5.32 Å². The van der Waals surface area contributed by atoms with E-state index in [9.17, 15) is 9.59 Å². The zero-order chi connectivity index (χ0) is 14.5.